The number of thiocarbonyl (C=S) groups is 1. The van der Waals surface area contributed by atoms with Crippen LogP contribution in [0.15, 0.2) is 54.6 Å². The Bertz CT molecular complexity index is 648. The highest BCUT2D eigenvalue weighted by Crippen LogP contribution is 2.16. The molecule has 0 bridgehead atoms. The summed E-state index contributed by atoms with van der Waals surface area (Å²) < 4.78 is 0. The number of rotatable bonds is 4. The molecule has 0 radical (unpaired) electrons. The molecule has 2 aromatic carbocycles. The van der Waals surface area contributed by atoms with Gasteiger partial charge in [-0.1, -0.05) is 60.2 Å². The summed E-state index contributed by atoms with van der Waals surface area (Å²) in [7, 11) is 0. The highest BCUT2D eigenvalue weighted by molar-refractivity contribution is 7.80. The Labute approximate surface area is 133 Å². The van der Waals surface area contributed by atoms with E-state index >= 15 is 0 Å². The zero-order chi connectivity index (χ0) is 15.2. The van der Waals surface area contributed by atoms with Gasteiger partial charge >= 0.3 is 6.03 Å². The van der Waals surface area contributed by atoms with E-state index in [1.54, 1.807) is 24.3 Å². The average Bonchev–Trinajstić information content (AvgIpc) is 2.45. The number of halogens is 1. The van der Waals surface area contributed by atoms with E-state index in [9.17, 15) is 4.79 Å². The Morgan fingerprint density at radius 1 is 1.14 bits per heavy atom. The molecule has 0 aliphatic heterocycles. The summed E-state index contributed by atoms with van der Waals surface area (Å²) in [5, 5.41) is 5.97. The zero-order valence-corrected chi connectivity index (χ0v) is 12.6. The Balaban J connectivity index is 2.07. The van der Waals surface area contributed by atoms with Gasteiger partial charge in [0.05, 0.1) is 0 Å². The van der Waals surface area contributed by atoms with Crippen LogP contribution in [-0.2, 0) is 0 Å². The van der Waals surface area contributed by atoms with Gasteiger partial charge < -0.3 is 16.4 Å². The topological polar surface area (TPSA) is 67.1 Å². The standard InChI is InChI=1S/C15H14ClN3OS/c16-11-7-4-8-12(9-11)18-15(20)19-13(14(17)21)10-5-2-1-3-6-10/h1-9,13H,(H2,17,21)(H2,18,19,20). The Kier molecular flexibility index (Phi) is 5.14. The van der Waals surface area contributed by atoms with Crippen molar-refractivity contribution in [1.29, 1.82) is 0 Å². The third-order valence-corrected chi connectivity index (χ3v) is 3.25. The number of hydrogen-bond donors (Lipinski definition) is 3. The number of nitrogens with one attached hydrogen (secondary N) is 2. The van der Waals surface area contributed by atoms with Crippen LogP contribution in [0.5, 0.6) is 0 Å². The van der Waals surface area contributed by atoms with E-state index in [0.717, 1.165) is 5.56 Å². The molecular formula is C15H14ClN3OS. The SMILES string of the molecule is NC(=S)C(NC(=O)Nc1cccc(Cl)c1)c1ccccc1. The number of hydrogen-bond acceptors (Lipinski definition) is 2. The second kappa shape index (κ2) is 7.06. The highest BCUT2D eigenvalue weighted by atomic mass is 35.5. The highest BCUT2D eigenvalue weighted by Gasteiger charge is 2.17. The van der Waals surface area contributed by atoms with Crippen molar-refractivity contribution in [3.05, 3.63) is 65.2 Å². The Hall–Kier alpha value is -2.11. The molecule has 0 fully saturated rings. The number of urea groups is 1. The van der Waals surface area contributed by atoms with E-state index in [1.807, 2.05) is 30.3 Å². The molecule has 0 heterocycles. The molecule has 2 aromatic rings. The molecule has 21 heavy (non-hydrogen) atoms. The maximum Gasteiger partial charge on any atom is 0.320 e. The van der Waals surface area contributed by atoms with E-state index in [2.05, 4.69) is 10.6 Å². The van der Waals surface area contributed by atoms with Gasteiger partial charge in [-0.2, -0.15) is 0 Å². The molecule has 0 spiro atoms. The van der Waals surface area contributed by atoms with Crippen LogP contribution in [-0.4, -0.2) is 11.0 Å². The van der Waals surface area contributed by atoms with Crippen LogP contribution in [0.2, 0.25) is 5.02 Å². The van der Waals surface area contributed by atoms with Gasteiger partial charge in [0.2, 0.25) is 0 Å². The summed E-state index contributed by atoms with van der Waals surface area (Å²) in [6.07, 6.45) is 0. The van der Waals surface area contributed by atoms with Gasteiger partial charge in [-0.3, -0.25) is 0 Å². The maximum atomic E-state index is 12.0. The predicted octanol–water partition coefficient (Wildman–Crippen LogP) is 3.49. The lowest BCUT2D eigenvalue weighted by Crippen LogP contribution is -2.38. The molecule has 2 amide bonds. The second-order valence-electron chi connectivity index (χ2n) is 4.35. The van der Waals surface area contributed by atoms with Crippen molar-refractivity contribution in [2.75, 3.05) is 5.32 Å². The fraction of sp³-hybridized carbons (Fsp3) is 0.0667. The van der Waals surface area contributed by atoms with Gasteiger partial charge in [-0.15, -0.1) is 0 Å². The van der Waals surface area contributed by atoms with Crippen molar-refractivity contribution in [1.82, 2.24) is 5.32 Å². The summed E-state index contributed by atoms with van der Waals surface area (Å²) >= 11 is 10.9. The molecule has 4 N–H and O–H groups in total. The van der Waals surface area contributed by atoms with Gasteiger partial charge in [0.15, 0.2) is 0 Å². The number of carbonyl (C=O) groups is 1. The minimum atomic E-state index is -0.527. The lowest BCUT2D eigenvalue weighted by molar-refractivity contribution is 0.251. The number of carbonyl (C=O) groups excluding carboxylic acids is 1. The average molecular weight is 320 g/mol. The van der Waals surface area contributed by atoms with Crippen molar-refractivity contribution in [3.8, 4) is 0 Å². The minimum absolute atomic E-state index is 0.197. The van der Waals surface area contributed by atoms with E-state index in [0.29, 0.717) is 10.7 Å². The van der Waals surface area contributed by atoms with E-state index in [1.165, 1.54) is 0 Å². The predicted molar refractivity (Wildman–Crippen MR) is 89.6 cm³/mol. The molecule has 0 aromatic heterocycles. The molecular weight excluding hydrogens is 306 g/mol. The first-order valence-electron chi connectivity index (χ1n) is 6.23. The lowest BCUT2D eigenvalue weighted by atomic mass is 10.1. The van der Waals surface area contributed by atoms with E-state index in [4.69, 9.17) is 29.6 Å². The summed E-state index contributed by atoms with van der Waals surface area (Å²) in [6.45, 7) is 0. The van der Waals surface area contributed by atoms with Crippen LogP contribution in [0.3, 0.4) is 0 Å². The summed E-state index contributed by atoms with van der Waals surface area (Å²) in [5.74, 6) is 0. The van der Waals surface area contributed by atoms with Gasteiger partial charge in [0.1, 0.15) is 11.0 Å². The maximum absolute atomic E-state index is 12.0. The van der Waals surface area contributed by atoms with Gasteiger partial charge in [0.25, 0.3) is 0 Å². The van der Waals surface area contributed by atoms with Crippen LogP contribution < -0.4 is 16.4 Å². The first-order valence-corrected chi connectivity index (χ1v) is 7.02. The van der Waals surface area contributed by atoms with E-state index in [-0.39, 0.29) is 4.99 Å². The second-order valence-corrected chi connectivity index (χ2v) is 5.26. The fourth-order valence-corrected chi connectivity index (χ4v) is 2.21. The summed E-state index contributed by atoms with van der Waals surface area (Å²) in [5.41, 5.74) is 7.12. The molecule has 6 heteroatoms. The zero-order valence-electron chi connectivity index (χ0n) is 11.0. The Morgan fingerprint density at radius 3 is 2.48 bits per heavy atom. The fourth-order valence-electron chi connectivity index (χ4n) is 1.83. The van der Waals surface area contributed by atoms with Crippen molar-refractivity contribution in [3.63, 3.8) is 0 Å². The van der Waals surface area contributed by atoms with Crippen LogP contribution in [0.1, 0.15) is 11.6 Å². The molecule has 108 valence electrons. The smallest absolute Gasteiger partial charge is 0.320 e. The van der Waals surface area contributed by atoms with Crippen LogP contribution in [0.25, 0.3) is 0 Å². The summed E-state index contributed by atoms with van der Waals surface area (Å²) in [6, 6.07) is 15.2. The number of amides is 2. The first kappa shape index (κ1) is 15.3. The van der Waals surface area contributed by atoms with Crippen LogP contribution in [0.4, 0.5) is 10.5 Å². The molecule has 0 aliphatic carbocycles. The van der Waals surface area contributed by atoms with Gasteiger partial charge in [0, 0.05) is 10.7 Å². The molecule has 4 nitrogen and oxygen atoms in total. The third-order valence-electron chi connectivity index (χ3n) is 2.78. The largest absolute Gasteiger partial charge is 0.391 e. The van der Waals surface area contributed by atoms with Crippen molar-refractivity contribution in [2.45, 2.75) is 6.04 Å². The van der Waals surface area contributed by atoms with Crippen LogP contribution >= 0.6 is 23.8 Å². The third kappa shape index (κ3) is 4.44. The molecule has 0 saturated carbocycles. The van der Waals surface area contributed by atoms with Crippen molar-refractivity contribution in [2.24, 2.45) is 5.73 Å². The summed E-state index contributed by atoms with van der Waals surface area (Å²) in [4.78, 5) is 12.2. The van der Waals surface area contributed by atoms with Crippen LogP contribution in [0, 0.1) is 0 Å². The molecule has 0 aliphatic rings. The number of benzene rings is 2. The minimum Gasteiger partial charge on any atom is -0.391 e. The van der Waals surface area contributed by atoms with Crippen molar-refractivity contribution >= 4 is 40.5 Å². The molecule has 1 atom stereocenters. The van der Waals surface area contributed by atoms with E-state index < -0.39 is 12.1 Å². The quantitative estimate of drug-likeness (QED) is 0.756. The van der Waals surface area contributed by atoms with Gasteiger partial charge in [-0.05, 0) is 23.8 Å². The molecule has 0 saturated heterocycles. The number of nitrogens with two attached hydrogens (primary N) is 1. The first-order chi connectivity index (χ1) is 10.1. The van der Waals surface area contributed by atoms with Gasteiger partial charge in [-0.25, -0.2) is 4.79 Å². The Morgan fingerprint density at radius 2 is 1.86 bits per heavy atom. The normalized spacial score (nSPS) is 11.5. The molecule has 1 unspecified atom stereocenters. The lowest BCUT2D eigenvalue weighted by Gasteiger charge is -2.18. The monoisotopic (exact) mass is 319 g/mol. The molecule has 2 rings (SSSR count). The number of anilines is 1. The van der Waals surface area contributed by atoms with Crippen molar-refractivity contribution < 1.29 is 4.79 Å².